The fourth-order valence-corrected chi connectivity index (χ4v) is 3.77. The van der Waals surface area contributed by atoms with E-state index >= 15 is 0 Å². The molecule has 28 heavy (non-hydrogen) atoms. The van der Waals surface area contributed by atoms with Crippen molar-refractivity contribution in [1.29, 1.82) is 0 Å². The van der Waals surface area contributed by atoms with Crippen LogP contribution < -0.4 is 5.32 Å². The summed E-state index contributed by atoms with van der Waals surface area (Å²) in [4.78, 5) is 40.3. The first-order valence-electron chi connectivity index (χ1n) is 10.1. The number of esters is 1. The minimum atomic E-state index is -0.523. The molecule has 0 aromatic heterocycles. The van der Waals surface area contributed by atoms with Gasteiger partial charge in [-0.3, -0.25) is 9.59 Å². The van der Waals surface area contributed by atoms with Crippen molar-refractivity contribution in [2.24, 2.45) is 0 Å². The molecule has 2 heterocycles. The van der Waals surface area contributed by atoms with Gasteiger partial charge in [-0.15, -0.1) is 0 Å². The number of benzene rings is 1. The van der Waals surface area contributed by atoms with E-state index in [4.69, 9.17) is 4.74 Å². The minimum absolute atomic E-state index is 0.148. The maximum atomic E-state index is 12.3. The molecule has 2 saturated heterocycles. The number of carbonyl (C=O) groups excluding carboxylic acids is 3. The average Bonchev–Trinajstić information content (AvgIpc) is 3.11. The Morgan fingerprint density at radius 3 is 2.68 bits per heavy atom. The molecule has 1 aromatic carbocycles. The third-order valence-electron chi connectivity index (χ3n) is 5.44. The van der Waals surface area contributed by atoms with Crippen LogP contribution in [0, 0.1) is 0 Å². The Balaban J connectivity index is 1.45. The predicted molar refractivity (Wildman–Crippen MR) is 105 cm³/mol. The van der Waals surface area contributed by atoms with Gasteiger partial charge in [-0.05, 0) is 43.5 Å². The first-order valence-corrected chi connectivity index (χ1v) is 10.1. The van der Waals surface area contributed by atoms with E-state index in [1.807, 2.05) is 6.07 Å². The molecule has 7 heteroatoms. The summed E-state index contributed by atoms with van der Waals surface area (Å²) in [5, 5.41) is 2.95. The molecule has 7 nitrogen and oxygen atoms in total. The highest BCUT2D eigenvalue weighted by molar-refractivity contribution is 5.91. The van der Waals surface area contributed by atoms with Crippen LogP contribution in [0.1, 0.15) is 48.5 Å². The molecule has 2 aliphatic heterocycles. The molecule has 1 aromatic rings. The van der Waals surface area contributed by atoms with E-state index in [0.717, 1.165) is 51.0 Å². The van der Waals surface area contributed by atoms with Crippen molar-refractivity contribution < 1.29 is 19.1 Å². The molecule has 0 aliphatic carbocycles. The molecule has 0 unspecified atom stereocenters. The second-order valence-electron chi connectivity index (χ2n) is 7.47. The van der Waals surface area contributed by atoms with Gasteiger partial charge in [0.15, 0.2) is 6.61 Å². The molecule has 0 atom stereocenters. The summed E-state index contributed by atoms with van der Waals surface area (Å²) < 4.78 is 5.18. The Hall–Kier alpha value is -2.41. The zero-order valence-corrected chi connectivity index (χ0v) is 16.5. The van der Waals surface area contributed by atoms with E-state index in [1.165, 1.54) is 0 Å². The first kappa shape index (κ1) is 20.3. The lowest BCUT2D eigenvalue weighted by Crippen LogP contribution is -2.45. The molecule has 2 amide bonds. The van der Waals surface area contributed by atoms with E-state index < -0.39 is 5.97 Å². The van der Waals surface area contributed by atoms with E-state index in [9.17, 15) is 14.4 Å². The van der Waals surface area contributed by atoms with Crippen molar-refractivity contribution in [2.45, 2.75) is 45.2 Å². The van der Waals surface area contributed by atoms with Gasteiger partial charge in [-0.2, -0.15) is 0 Å². The van der Waals surface area contributed by atoms with Gasteiger partial charge in [0, 0.05) is 38.6 Å². The number of carbonyl (C=O) groups is 3. The number of nitrogens with one attached hydrogen (secondary N) is 1. The van der Waals surface area contributed by atoms with Gasteiger partial charge >= 0.3 is 5.97 Å². The normalized spacial score (nSPS) is 18.3. The third kappa shape index (κ3) is 5.55. The maximum absolute atomic E-state index is 12.3. The van der Waals surface area contributed by atoms with Crippen LogP contribution in [0.2, 0.25) is 0 Å². The minimum Gasteiger partial charge on any atom is -0.452 e. The number of hydrogen-bond donors (Lipinski definition) is 1. The van der Waals surface area contributed by atoms with Gasteiger partial charge in [0.25, 0.3) is 5.91 Å². The Kier molecular flexibility index (Phi) is 7.03. The Bertz CT molecular complexity index is 713. The molecule has 2 aliphatic rings. The van der Waals surface area contributed by atoms with Gasteiger partial charge < -0.3 is 19.9 Å². The van der Waals surface area contributed by atoms with Gasteiger partial charge in [0.05, 0.1) is 5.56 Å². The van der Waals surface area contributed by atoms with Crippen LogP contribution in [0.5, 0.6) is 0 Å². The summed E-state index contributed by atoms with van der Waals surface area (Å²) in [7, 11) is 0. The smallest absolute Gasteiger partial charge is 0.338 e. The van der Waals surface area contributed by atoms with E-state index in [2.05, 4.69) is 17.1 Å². The zero-order valence-electron chi connectivity index (χ0n) is 16.5. The van der Waals surface area contributed by atoms with Crippen LogP contribution in [0.4, 0.5) is 0 Å². The van der Waals surface area contributed by atoms with Crippen molar-refractivity contribution in [3.63, 3.8) is 0 Å². The number of piperidine rings is 1. The number of amides is 2. The number of ether oxygens (including phenoxy) is 1. The molecule has 1 N–H and O–H groups in total. The maximum Gasteiger partial charge on any atom is 0.338 e. The van der Waals surface area contributed by atoms with Crippen molar-refractivity contribution in [3.8, 4) is 0 Å². The van der Waals surface area contributed by atoms with Crippen LogP contribution in [0.15, 0.2) is 24.3 Å². The summed E-state index contributed by atoms with van der Waals surface area (Å²) in [5.74, 6) is -0.637. The standard InChI is InChI=1S/C21H29N3O4/c1-2-23-11-8-18(9-12-23)22-19(25)15-28-21(27)17-6-3-5-16(13-17)14-24-10-4-7-20(24)26/h3,5-6,13,18H,2,4,7-12,14-15H2,1H3,(H,22,25). The van der Waals surface area contributed by atoms with Crippen LogP contribution in [0.25, 0.3) is 0 Å². The summed E-state index contributed by atoms with van der Waals surface area (Å²) in [6.07, 6.45) is 3.32. The van der Waals surface area contributed by atoms with E-state index in [1.54, 1.807) is 23.1 Å². The van der Waals surface area contributed by atoms with Crippen molar-refractivity contribution in [2.75, 3.05) is 32.8 Å². The van der Waals surface area contributed by atoms with E-state index in [-0.39, 0.29) is 24.5 Å². The number of rotatable bonds is 7. The fraction of sp³-hybridized carbons (Fsp3) is 0.571. The first-order chi connectivity index (χ1) is 13.5. The van der Waals surface area contributed by atoms with Crippen molar-refractivity contribution in [1.82, 2.24) is 15.1 Å². The highest BCUT2D eigenvalue weighted by Gasteiger charge is 2.22. The lowest BCUT2D eigenvalue weighted by Gasteiger charge is -2.31. The second kappa shape index (κ2) is 9.68. The SMILES string of the molecule is CCN1CCC(NC(=O)COC(=O)c2cccc(CN3CCCC3=O)c2)CC1. The quantitative estimate of drug-likeness (QED) is 0.719. The molecule has 0 saturated carbocycles. The van der Waals surface area contributed by atoms with Crippen molar-refractivity contribution >= 4 is 17.8 Å². The molecule has 152 valence electrons. The molecule has 3 rings (SSSR count). The lowest BCUT2D eigenvalue weighted by atomic mass is 10.1. The van der Waals surface area contributed by atoms with Gasteiger partial charge in [-0.1, -0.05) is 19.1 Å². The topological polar surface area (TPSA) is 79.0 Å². The highest BCUT2D eigenvalue weighted by atomic mass is 16.5. The van der Waals surface area contributed by atoms with Gasteiger partial charge in [-0.25, -0.2) is 4.79 Å². The third-order valence-corrected chi connectivity index (χ3v) is 5.44. The van der Waals surface area contributed by atoms with Crippen LogP contribution in [-0.2, 0) is 20.9 Å². The number of likely N-dealkylation sites (tertiary alicyclic amines) is 2. The molecule has 0 bridgehead atoms. The Morgan fingerprint density at radius 2 is 2.00 bits per heavy atom. The van der Waals surface area contributed by atoms with Gasteiger partial charge in [0.2, 0.25) is 5.91 Å². The zero-order chi connectivity index (χ0) is 19.9. The summed E-state index contributed by atoms with van der Waals surface area (Å²) in [6, 6.07) is 7.20. The molecular formula is C21H29N3O4. The van der Waals surface area contributed by atoms with E-state index in [0.29, 0.717) is 18.5 Å². The monoisotopic (exact) mass is 387 g/mol. The van der Waals surface area contributed by atoms with Crippen molar-refractivity contribution in [3.05, 3.63) is 35.4 Å². The van der Waals surface area contributed by atoms with Crippen LogP contribution in [-0.4, -0.2) is 66.4 Å². The fourth-order valence-electron chi connectivity index (χ4n) is 3.77. The molecule has 0 spiro atoms. The number of hydrogen-bond acceptors (Lipinski definition) is 5. The lowest BCUT2D eigenvalue weighted by molar-refractivity contribution is -0.128. The summed E-state index contributed by atoms with van der Waals surface area (Å²) in [6.45, 7) is 6.10. The molecule has 2 fully saturated rings. The summed E-state index contributed by atoms with van der Waals surface area (Å²) >= 11 is 0. The molecule has 0 radical (unpaired) electrons. The predicted octanol–water partition coefficient (Wildman–Crippen LogP) is 1.57. The number of nitrogens with zero attached hydrogens (tertiary/aromatic N) is 2. The second-order valence-corrected chi connectivity index (χ2v) is 7.47. The Morgan fingerprint density at radius 1 is 1.21 bits per heavy atom. The van der Waals surface area contributed by atoms with Crippen LogP contribution >= 0.6 is 0 Å². The highest BCUT2D eigenvalue weighted by Crippen LogP contribution is 2.15. The van der Waals surface area contributed by atoms with Crippen LogP contribution in [0.3, 0.4) is 0 Å². The molecular weight excluding hydrogens is 358 g/mol. The average molecular weight is 387 g/mol. The van der Waals surface area contributed by atoms with Gasteiger partial charge in [0.1, 0.15) is 0 Å². The Labute approximate surface area is 166 Å². The largest absolute Gasteiger partial charge is 0.452 e. The summed E-state index contributed by atoms with van der Waals surface area (Å²) in [5.41, 5.74) is 1.28.